The van der Waals surface area contributed by atoms with Crippen LogP contribution in [0.4, 0.5) is 0 Å². The van der Waals surface area contributed by atoms with Gasteiger partial charge in [0, 0.05) is 13.1 Å². The summed E-state index contributed by atoms with van der Waals surface area (Å²) in [4.78, 5) is 2.43. The SMILES string of the molecule is CC(C)=CN1CCCCC1. The van der Waals surface area contributed by atoms with Crippen LogP contribution in [-0.2, 0) is 0 Å². The van der Waals surface area contributed by atoms with Gasteiger partial charge in [0.2, 0.25) is 0 Å². The van der Waals surface area contributed by atoms with Crippen molar-refractivity contribution in [1.82, 2.24) is 4.90 Å². The molecule has 0 radical (unpaired) electrons. The van der Waals surface area contributed by atoms with Crippen molar-refractivity contribution in [1.29, 1.82) is 0 Å². The first kappa shape index (κ1) is 7.64. The fourth-order valence-corrected chi connectivity index (χ4v) is 1.41. The van der Waals surface area contributed by atoms with E-state index in [4.69, 9.17) is 0 Å². The summed E-state index contributed by atoms with van der Waals surface area (Å²) in [5.74, 6) is 0. The highest BCUT2D eigenvalue weighted by Crippen LogP contribution is 2.09. The topological polar surface area (TPSA) is 3.24 Å². The van der Waals surface area contributed by atoms with Gasteiger partial charge in [0.15, 0.2) is 0 Å². The summed E-state index contributed by atoms with van der Waals surface area (Å²) in [6.45, 7) is 6.86. The lowest BCUT2D eigenvalue weighted by molar-refractivity contribution is 0.307. The lowest BCUT2D eigenvalue weighted by Crippen LogP contribution is -2.24. The van der Waals surface area contributed by atoms with Crippen LogP contribution in [-0.4, -0.2) is 18.0 Å². The Morgan fingerprint density at radius 2 is 1.70 bits per heavy atom. The summed E-state index contributed by atoms with van der Waals surface area (Å²) in [6, 6.07) is 0. The van der Waals surface area contributed by atoms with Crippen LogP contribution >= 0.6 is 0 Å². The van der Waals surface area contributed by atoms with E-state index >= 15 is 0 Å². The molecule has 1 aliphatic rings. The average Bonchev–Trinajstić information content (AvgIpc) is 1.88. The molecule has 1 heteroatoms. The van der Waals surface area contributed by atoms with Gasteiger partial charge in [0.1, 0.15) is 0 Å². The molecule has 0 amide bonds. The number of piperidine rings is 1. The van der Waals surface area contributed by atoms with Gasteiger partial charge in [0.25, 0.3) is 0 Å². The fraction of sp³-hybridized carbons (Fsp3) is 0.778. The second-order valence-electron chi connectivity index (χ2n) is 3.30. The summed E-state index contributed by atoms with van der Waals surface area (Å²) in [5.41, 5.74) is 1.42. The smallest absolute Gasteiger partial charge is 0.0172 e. The van der Waals surface area contributed by atoms with Gasteiger partial charge in [-0.25, -0.2) is 0 Å². The maximum atomic E-state index is 2.43. The van der Waals surface area contributed by atoms with Gasteiger partial charge in [-0.3, -0.25) is 0 Å². The third kappa shape index (κ3) is 2.42. The number of hydrogen-bond acceptors (Lipinski definition) is 1. The summed E-state index contributed by atoms with van der Waals surface area (Å²) in [6.07, 6.45) is 6.46. The normalized spacial score (nSPS) is 18.8. The molecule has 0 aromatic rings. The molecule has 10 heavy (non-hydrogen) atoms. The van der Waals surface area contributed by atoms with E-state index in [9.17, 15) is 0 Å². The van der Waals surface area contributed by atoms with Crippen molar-refractivity contribution in [3.8, 4) is 0 Å². The first-order valence-corrected chi connectivity index (χ1v) is 4.18. The van der Waals surface area contributed by atoms with E-state index < -0.39 is 0 Å². The Morgan fingerprint density at radius 1 is 1.10 bits per heavy atom. The molecule has 0 unspecified atom stereocenters. The Balaban J connectivity index is 2.33. The summed E-state index contributed by atoms with van der Waals surface area (Å²) in [7, 11) is 0. The minimum atomic E-state index is 1.27. The van der Waals surface area contributed by atoms with Crippen LogP contribution in [0, 0.1) is 0 Å². The third-order valence-corrected chi connectivity index (χ3v) is 1.83. The zero-order valence-corrected chi connectivity index (χ0v) is 7.06. The number of likely N-dealkylation sites (tertiary alicyclic amines) is 1. The Kier molecular flexibility index (Phi) is 2.79. The van der Waals surface area contributed by atoms with E-state index in [1.807, 2.05) is 0 Å². The second-order valence-corrected chi connectivity index (χ2v) is 3.30. The van der Waals surface area contributed by atoms with Crippen molar-refractivity contribution in [2.45, 2.75) is 33.1 Å². The molecule has 1 aliphatic heterocycles. The molecule has 0 bridgehead atoms. The maximum absolute atomic E-state index is 2.43. The molecule has 1 fully saturated rings. The molecule has 1 nitrogen and oxygen atoms in total. The lowest BCUT2D eigenvalue weighted by Gasteiger charge is -2.25. The fourth-order valence-electron chi connectivity index (χ4n) is 1.41. The van der Waals surface area contributed by atoms with Crippen molar-refractivity contribution >= 4 is 0 Å². The molecule has 0 aromatic carbocycles. The van der Waals surface area contributed by atoms with Crippen LogP contribution in [0.2, 0.25) is 0 Å². The van der Waals surface area contributed by atoms with Crippen LogP contribution < -0.4 is 0 Å². The van der Waals surface area contributed by atoms with Gasteiger partial charge in [-0.2, -0.15) is 0 Å². The molecule has 1 heterocycles. The van der Waals surface area contributed by atoms with Gasteiger partial charge in [-0.15, -0.1) is 0 Å². The Hall–Kier alpha value is -0.460. The first-order valence-electron chi connectivity index (χ1n) is 4.18. The van der Waals surface area contributed by atoms with Crippen molar-refractivity contribution in [3.05, 3.63) is 11.8 Å². The largest absolute Gasteiger partial charge is 0.377 e. The highest BCUT2D eigenvalue weighted by Gasteiger charge is 2.04. The maximum Gasteiger partial charge on any atom is 0.0172 e. The van der Waals surface area contributed by atoms with Crippen molar-refractivity contribution < 1.29 is 0 Å². The summed E-state index contributed by atoms with van der Waals surface area (Å²) >= 11 is 0. The van der Waals surface area contributed by atoms with E-state index in [2.05, 4.69) is 24.9 Å². The van der Waals surface area contributed by atoms with E-state index in [1.165, 1.54) is 37.9 Å². The summed E-state index contributed by atoms with van der Waals surface area (Å²) in [5, 5.41) is 0. The molecule has 1 saturated heterocycles. The van der Waals surface area contributed by atoms with E-state index in [1.54, 1.807) is 0 Å². The molecule has 0 aliphatic carbocycles. The molecule has 0 N–H and O–H groups in total. The van der Waals surface area contributed by atoms with Crippen LogP contribution in [0.5, 0.6) is 0 Å². The third-order valence-electron chi connectivity index (χ3n) is 1.83. The standard InChI is InChI=1S/C9H17N/c1-9(2)8-10-6-4-3-5-7-10/h8H,3-7H2,1-2H3. The van der Waals surface area contributed by atoms with E-state index in [-0.39, 0.29) is 0 Å². The van der Waals surface area contributed by atoms with E-state index in [0.29, 0.717) is 0 Å². The predicted octanol–water partition coefficient (Wildman–Crippen LogP) is 2.40. The Bertz CT molecular complexity index is 117. The predicted molar refractivity (Wildman–Crippen MR) is 44.9 cm³/mol. The minimum Gasteiger partial charge on any atom is -0.377 e. The number of hydrogen-bond donors (Lipinski definition) is 0. The highest BCUT2D eigenvalue weighted by atomic mass is 15.1. The van der Waals surface area contributed by atoms with Gasteiger partial charge in [-0.05, 0) is 39.3 Å². The molecule has 58 valence electrons. The number of rotatable bonds is 1. The van der Waals surface area contributed by atoms with Crippen LogP contribution in [0.25, 0.3) is 0 Å². The highest BCUT2D eigenvalue weighted by molar-refractivity contribution is 4.93. The van der Waals surface area contributed by atoms with Crippen LogP contribution in [0.1, 0.15) is 33.1 Å². The van der Waals surface area contributed by atoms with Gasteiger partial charge in [0.05, 0.1) is 0 Å². The zero-order valence-electron chi connectivity index (χ0n) is 7.06. The molecular formula is C9H17N. The molecule has 1 rings (SSSR count). The molecular weight excluding hydrogens is 122 g/mol. The Labute approximate surface area is 63.7 Å². The van der Waals surface area contributed by atoms with Gasteiger partial charge < -0.3 is 4.90 Å². The molecule has 0 aromatic heterocycles. The first-order chi connectivity index (χ1) is 4.79. The average molecular weight is 139 g/mol. The molecule has 0 atom stereocenters. The van der Waals surface area contributed by atoms with Crippen molar-refractivity contribution in [2.24, 2.45) is 0 Å². The van der Waals surface area contributed by atoms with Crippen molar-refractivity contribution in [3.63, 3.8) is 0 Å². The van der Waals surface area contributed by atoms with Crippen molar-refractivity contribution in [2.75, 3.05) is 13.1 Å². The van der Waals surface area contributed by atoms with Crippen LogP contribution in [0.3, 0.4) is 0 Å². The van der Waals surface area contributed by atoms with E-state index in [0.717, 1.165) is 0 Å². The monoisotopic (exact) mass is 139 g/mol. The zero-order chi connectivity index (χ0) is 7.40. The number of nitrogens with zero attached hydrogens (tertiary/aromatic N) is 1. The van der Waals surface area contributed by atoms with Crippen LogP contribution in [0.15, 0.2) is 11.8 Å². The van der Waals surface area contributed by atoms with Gasteiger partial charge in [-0.1, -0.05) is 5.57 Å². The minimum absolute atomic E-state index is 1.27. The molecule has 0 spiro atoms. The Morgan fingerprint density at radius 3 is 2.20 bits per heavy atom. The molecule has 0 saturated carbocycles. The number of allylic oxidation sites excluding steroid dienone is 1. The second kappa shape index (κ2) is 3.65. The summed E-state index contributed by atoms with van der Waals surface area (Å²) < 4.78 is 0. The van der Waals surface area contributed by atoms with Gasteiger partial charge >= 0.3 is 0 Å². The quantitative estimate of drug-likeness (QED) is 0.539. The lowest BCUT2D eigenvalue weighted by atomic mass is 10.1.